The van der Waals surface area contributed by atoms with Gasteiger partial charge in [0.05, 0.1) is 5.56 Å². The van der Waals surface area contributed by atoms with Crippen molar-refractivity contribution in [2.45, 2.75) is 64.0 Å². The van der Waals surface area contributed by atoms with Crippen molar-refractivity contribution in [2.24, 2.45) is 17.8 Å². The number of alkyl halides is 3. The Kier molecular flexibility index (Phi) is 4.94. The van der Waals surface area contributed by atoms with Crippen molar-refractivity contribution in [3.05, 3.63) is 47.3 Å². The largest absolute Gasteiger partial charge is 0.419 e. The Morgan fingerprint density at radius 2 is 1.63 bits per heavy atom. The number of benzene rings is 2. The van der Waals surface area contributed by atoms with Gasteiger partial charge in [0.2, 0.25) is 0 Å². The molecule has 27 heavy (non-hydrogen) atoms. The minimum atomic E-state index is -4.66. The molecule has 0 nitrogen and oxygen atoms in total. The van der Waals surface area contributed by atoms with Gasteiger partial charge < -0.3 is 0 Å². The average Bonchev–Trinajstić information content (AvgIpc) is 2.65. The third kappa shape index (κ3) is 3.72. The van der Waals surface area contributed by atoms with E-state index in [9.17, 15) is 17.6 Å². The van der Waals surface area contributed by atoms with Crippen molar-refractivity contribution in [2.75, 3.05) is 0 Å². The maximum atomic E-state index is 14.0. The van der Waals surface area contributed by atoms with E-state index in [1.54, 1.807) is 6.07 Å². The minimum absolute atomic E-state index is 0.444. The summed E-state index contributed by atoms with van der Waals surface area (Å²) >= 11 is 0. The molecule has 0 bridgehead atoms. The van der Waals surface area contributed by atoms with E-state index in [4.69, 9.17) is 0 Å². The summed E-state index contributed by atoms with van der Waals surface area (Å²) in [5.41, 5.74) is -0.0336. The number of hydrogen-bond acceptors (Lipinski definition) is 0. The van der Waals surface area contributed by atoms with Gasteiger partial charge in [-0.05, 0) is 84.2 Å². The van der Waals surface area contributed by atoms with Gasteiger partial charge in [0, 0.05) is 0 Å². The summed E-state index contributed by atoms with van der Waals surface area (Å²) in [6.07, 6.45) is 4.14. The maximum absolute atomic E-state index is 14.0. The maximum Gasteiger partial charge on any atom is 0.419 e. The molecule has 0 spiro atoms. The molecule has 4 rings (SSSR count). The van der Waals surface area contributed by atoms with Crippen LogP contribution in [0.3, 0.4) is 0 Å². The summed E-state index contributed by atoms with van der Waals surface area (Å²) in [5.74, 6) is 1.75. The van der Waals surface area contributed by atoms with E-state index in [0.717, 1.165) is 48.3 Å². The molecular formula is C23H26F4. The zero-order valence-electron chi connectivity index (χ0n) is 15.7. The Bertz CT molecular complexity index is 823. The van der Waals surface area contributed by atoms with Crippen molar-refractivity contribution in [1.82, 2.24) is 0 Å². The molecule has 0 amide bonds. The Balaban J connectivity index is 1.56. The quantitative estimate of drug-likeness (QED) is 0.470. The fourth-order valence-corrected chi connectivity index (χ4v) is 5.42. The van der Waals surface area contributed by atoms with Crippen molar-refractivity contribution < 1.29 is 17.6 Å². The van der Waals surface area contributed by atoms with Crippen molar-refractivity contribution in [3.8, 4) is 0 Å². The lowest BCUT2D eigenvalue weighted by atomic mass is 9.63. The second-order valence-electron chi connectivity index (χ2n) is 8.55. The van der Waals surface area contributed by atoms with Crippen LogP contribution in [0, 0.1) is 23.6 Å². The highest BCUT2D eigenvalue weighted by Crippen LogP contribution is 2.48. The molecule has 146 valence electrons. The molecular weight excluding hydrogens is 352 g/mol. The van der Waals surface area contributed by atoms with Crippen LogP contribution >= 0.6 is 0 Å². The zero-order valence-corrected chi connectivity index (χ0v) is 15.7. The summed E-state index contributed by atoms with van der Waals surface area (Å²) in [6, 6.07) is 7.54. The topological polar surface area (TPSA) is 0 Å². The highest BCUT2D eigenvalue weighted by Gasteiger charge is 2.36. The molecule has 2 aliphatic carbocycles. The molecule has 2 aromatic carbocycles. The fraction of sp³-hybridized carbons (Fsp3) is 0.565. The second-order valence-corrected chi connectivity index (χ2v) is 8.55. The highest BCUT2D eigenvalue weighted by molar-refractivity contribution is 5.84. The van der Waals surface area contributed by atoms with Crippen molar-refractivity contribution >= 4 is 10.8 Å². The van der Waals surface area contributed by atoms with E-state index in [1.165, 1.54) is 32.1 Å². The molecule has 2 saturated carbocycles. The van der Waals surface area contributed by atoms with Gasteiger partial charge in [0.15, 0.2) is 0 Å². The molecule has 0 N–H and O–H groups in total. The second kappa shape index (κ2) is 7.10. The average molecular weight is 378 g/mol. The van der Waals surface area contributed by atoms with Gasteiger partial charge >= 0.3 is 6.18 Å². The molecule has 0 aliphatic heterocycles. The van der Waals surface area contributed by atoms with E-state index in [-0.39, 0.29) is 0 Å². The lowest BCUT2D eigenvalue weighted by Crippen LogP contribution is -2.30. The van der Waals surface area contributed by atoms with Gasteiger partial charge in [-0.15, -0.1) is 0 Å². The summed E-state index contributed by atoms with van der Waals surface area (Å²) in [7, 11) is 0. The molecule has 0 saturated heterocycles. The van der Waals surface area contributed by atoms with Gasteiger partial charge in [-0.3, -0.25) is 0 Å². The predicted octanol–water partition coefficient (Wildman–Crippen LogP) is 7.71. The van der Waals surface area contributed by atoms with Crippen LogP contribution < -0.4 is 0 Å². The molecule has 4 atom stereocenters. The Morgan fingerprint density at radius 1 is 0.889 bits per heavy atom. The highest BCUT2D eigenvalue weighted by atomic mass is 19.4. The number of hydrogen-bond donors (Lipinski definition) is 0. The molecule has 4 unspecified atom stereocenters. The smallest absolute Gasteiger partial charge is 0.206 e. The van der Waals surface area contributed by atoms with Crippen molar-refractivity contribution in [1.29, 1.82) is 0 Å². The van der Waals surface area contributed by atoms with Crippen LogP contribution in [-0.4, -0.2) is 0 Å². The van der Waals surface area contributed by atoms with E-state index in [2.05, 4.69) is 6.92 Å². The van der Waals surface area contributed by atoms with Crippen LogP contribution in [0.25, 0.3) is 10.8 Å². The SMILES string of the molecule is CCC1CCC2CC(c3ccc4cc(C(F)(F)F)c(F)cc4c3)CCC2C1. The zero-order chi connectivity index (χ0) is 19.2. The lowest BCUT2D eigenvalue weighted by molar-refractivity contribution is -0.139. The van der Waals surface area contributed by atoms with E-state index in [1.807, 2.05) is 12.1 Å². The Hall–Kier alpha value is -1.58. The third-order valence-electron chi connectivity index (χ3n) is 7.03. The van der Waals surface area contributed by atoms with E-state index >= 15 is 0 Å². The van der Waals surface area contributed by atoms with Crippen LogP contribution in [0.4, 0.5) is 17.6 Å². The first-order valence-corrected chi connectivity index (χ1v) is 10.2. The summed E-state index contributed by atoms with van der Waals surface area (Å²) in [6.45, 7) is 2.29. The predicted molar refractivity (Wildman–Crippen MR) is 100 cm³/mol. The number of rotatable bonds is 2. The molecule has 2 fully saturated rings. The number of halogens is 4. The molecule has 0 heterocycles. The fourth-order valence-electron chi connectivity index (χ4n) is 5.42. The van der Waals surface area contributed by atoms with Crippen LogP contribution in [0.15, 0.2) is 30.3 Å². The van der Waals surface area contributed by atoms with E-state index in [0.29, 0.717) is 16.7 Å². The normalized spacial score (nSPS) is 28.9. The Labute approximate surface area is 158 Å². The van der Waals surface area contributed by atoms with Gasteiger partial charge in [-0.2, -0.15) is 13.2 Å². The molecule has 0 aromatic heterocycles. The van der Waals surface area contributed by atoms with Crippen LogP contribution in [0.1, 0.15) is 68.9 Å². The van der Waals surface area contributed by atoms with Gasteiger partial charge in [0.1, 0.15) is 5.82 Å². The van der Waals surface area contributed by atoms with Crippen LogP contribution in [0.5, 0.6) is 0 Å². The first-order valence-electron chi connectivity index (χ1n) is 10.2. The monoisotopic (exact) mass is 378 g/mol. The summed E-state index contributed by atoms with van der Waals surface area (Å²) in [5, 5.41) is 1.01. The number of fused-ring (bicyclic) bond motifs is 2. The van der Waals surface area contributed by atoms with Crippen LogP contribution in [-0.2, 0) is 6.18 Å². The Morgan fingerprint density at radius 3 is 2.37 bits per heavy atom. The summed E-state index contributed by atoms with van der Waals surface area (Å²) in [4.78, 5) is 0. The lowest BCUT2D eigenvalue weighted by Gasteiger charge is -2.42. The van der Waals surface area contributed by atoms with Crippen molar-refractivity contribution in [3.63, 3.8) is 0 Å². The minimum Gasteiger partial charge on any atom is -0.206 e. The first-order chi connectivity index (χ1) is 12.8. The molecule has 0 radical (unpaired) electrons. The van der Waals surface area contributed by atoms with Gasteiger partial charge in [0.25, 0.3) is 0 Å². The van der Waals surface area contributed by atoms with Gasteiger partial charge in [-0.25, -0.2) is 4.39 Å². The third-order valence-corrected chi connectivity index (χ3v) is 7.03. The van der Waals surface area contributed by atoms with Crippen LogP contribution in [0.2, 0.25) is 0 Å². The molecule has 2 aliphatic rings. The summed E-state index contributed by atoms with van der Waals surface area (Å²) < 4.78 is 52.7. The standard InChI is InChI=1S/C23H26F4/c1-2-14-3-4-16-10-17(6-5-15(16)9-14)18-7-8-19-12-21(23(25,26)27)22(24)13-20(19)11-18/h7-8,11-17H,2-6,9-10H2,1H3. The molecule has 4 heteroatoms. The first kappa shape index (κ1) is 18.8. The molecule has 2 aromatic rings. The van der Waals surface area contributed by atoms with E-state index < -0.39 is 17.6 Å². The van der Waals surface area contributed by atoms with Gasteiger partial charge in [-0.1, -0.05) is 38.0 Å².